The average Bonchev–Trinajstić information content (AvgIpc) is 2.41. The number of oxime groups is 1. The Morgan fingerprint density at radius 1 is 1.33 bits per heavy atom. The number of nitrogens with zero attached hydrogens (tertiary/aromatic N) is 3. The molecule has 0 fully saturated rings. The number of ether oxygens (including phenoxy) is 1. The van der Waals surface area contributed by atoms with Crippen LogP contribution in [0.15, 0.2) is 41.8 Å². The molecule has 0 aliphatic rings. The van der Waals surface area contributed by atoms with Gasteiger partial charge in [0.25, 0.3) is 0 Å². The molecule has 0 saturated carbocycles. The lowest BCUT2D eigenvalue weighted by Crippen LogP contribution is -2.13. The van der Waals surface area contributed by atoms with Crippen molar-refractivity contribution in [3.05, 3.63) is 47.9 Å². The lowest BCUT2D eigenvalue weighted by Gasteiger charge is -2.05. The van der Waals surface area contributed by atoms with Crippen LogP contribution in [-0.4, -0.2) is 21.0 Å². The third-order valence-electron chi connectivity index (χ3n) is 2.24. The molecule has 2 aromatic rings. The van der Waals surface area contributed by atoms with Gasteiger partial charge in [-0.2, -0.15) is 0 Å². The molecular formula is C12H12N4O2. The number of aryl methyl sites for hydroxylation is 1. The molecule has 0 saturated heterocycles. The summed E-state index contributed by atoms with van der Waals surface area (Å²) < 4.78 is 5.50. The van der Waals surface area contributed by atoms with Crippen molar-refractivity contribution >= 4 is 5.84 Å². The molecule has 0 unspecified atom stereocenters. The van der Waals surface area contributed by atoms with Gasteiger partial charge < -0.3 is 15.7 Å². The van der Waals surface area contributed by atoms with Crippen molar-refractivity contribution < 1.29 is 9.94 Å². The molecule has 18 heavy (non-hydrogen) atoms. The second-order valence-electron chi connectivity index (χ2n) is 3.61. The zero-order valence-electron chi connectivity index (χ0n) is 9.74. The summed E-state index contributed by atoms with van der Waals surface area (Å²) in [5.41, 5.74) is 6.91. The van der Waals surface area contributed by atoms with Gasteiger partial charge in [-0.25, -0.2) is 4.98 Å². The van der Waals surface area contributed by atoms with Crippen LogP contribution in [0.25, 0.3) is 0 Å². The molecule has 0 bridgehead atoms. The summed E-state index contributed by atoms with van der Waals surface area (Å²) in [6.45, 7) is 1.89. The first-order valence-corrected chi connectivity index (χ1v) is 5.23. The molecule has 6 nitrogen and oxygen atoms in total. The Balaban J connectivity index is 2.22. The van der Waals surface area contributed by atoms with Crippen LogP contribution in [-0.2, 0) is 0 Å². The maximum atomic E-state index is 8.59. The second-order valence-corrected chi connectivity index (χ2v) is 3.61. The van der Waals surface area contributed by atoms with Gasteiger partial charge >= 0.3 is 0 Å². The molecule has 2 rings (SSSR count). The Hall–Kier alpha value is -2.63. The largest absolute Gasteiger partial charge is 0.437 e. The van der Waals surface area contributed by atoms with Crippen LogP contribution in [0.4, 0.5) is 0 Å². The summed E-state index contributed by atoms with van der Waals surface area (Å²) in [6, 6.07) is 6.83. The van der Waals surface area contributed by atoms with Gasteiger partial charge in [0, 0.05) is 23.5 Å². The fourth-order valence-corrected chi connectivity index (χ4v) is 1.32. The van der Waals surface area contributed by atoms with Crippen LogP contribution >= 0.6 is 0 Å². The average molecular weight is 244 g/mol. The third kappa shape index (κ3) is 2.73. The van der Waals surface area contributed by atoms with Crippen molar-refractivity contribution in [1.82, 2.24) is 9.97 Å². The molecule has 6 heteroatoms. The Kier molecular flexibility index (Phi) is 3.38. The van der Waals surface area contributed by atoms with Crippen LogP contribution < -0.4 is 10.5 Å². The summed E-state index contributed by atoms with van der Waals surface area (Å²) in [5.74, 6) is 0.929. The maximum Gasteiger partial charge on any atom is 0.219 e. The number of nitrogens with two attached hydrogens (primary N) is 1. The highest BCUT2D eigenvalue weighted by Crippen LogP contribution is 2.19. The zero-order valence-corrected chi connectivity index (χ0v) is 9.74. The zero-order chi connectivity index (χ0) is 13.0. The van der Waals surface area contributed by atoms with Crippen molar-refractivity contribution in [2.45, 2.75) is 6.92 Å². The third-order valence-corrected chi connectivity index (χ3v) is 2.24. The molecular weight excluding hydrogens is 232 g/mol. The highest BCUT2D eigenvalue weighted by atomic mass is 16.5. The smallest absolute Gasteiger partial charge is 0.219 e. The van der Waals surface area contributed by atoms with Crippen LogP contribution in [0.3, 0.4) is 0 Å². The first-order chi connectivity index (χ1) is 8.69. The minimum absolute atomic E-state index is 0.00396. The topological polar surface area (TPSA) is 93.6 Å². The van der Waals surface area contributed by atoms with E-state index in [0.29, 0.717) is 17.2 Å². The predicted octanol–water partition coefficient (Wildman–Crippen LogP) is 1.67. The molecule has 0 spiro atoms. The standard InChI is InChI=1S/C12H12N4O2/c1-8-2-3-10(7-15-8)18-11-6-9(4-5-14-11)12(13)16-17/h2-7,17H,1H3,(H2,13,16). The first kappa shape index (κ1) is 11.8. The van der Waals surface area contributed by atoms with Crippen molar-refractivity contribution in [3.63, 3.8) is 0 Å². The van der Waals surface area contributed by atoms with E-state index in [2.05, 4.69) is 15.1 Å². The van der Waals surface area contributed by atoms with Gasteiger partial charge in [0.1, 0.15) is 5.75 Å². The lowest BCUT2D eigenvalue weighted by atomic mass is 10.2. The van der Waals surface area contributed by atoms with E-state index in [-0.39, 0.29) is 5.84 Å². The van der Waals surface area contributed by atoms with Crippen LogP contribution in [0.5, 0.6) is 11.6 Å². The molecule has 0 radical (unpaired) electrons. The van der Waals surface area contributed by atoms with E-state index in [4.69, 9.17) is 15.7 Å². The Bertz CT molecular complexity index is 567. The van der Waals surface area contributed by atoms with Crippen molar-refractivity contribution in [2.75, 3.05) is 0 Å². The quantitative estimate of drug-likeness (QED) is 0.371. The summed E-state index contributed by atoms with van der Waals surface area (Å²) in [4.78, 5) is 8.14. The molecule has 0 aliphatic carbocycles. The number of rotatable bonds is 3. The van der Waals surface area contributed by atoms with Gasteiger partial charge in [-0.15, -0.1) is 0 Å². The molecule has 0 aliphatic heterocycles. The number of hydrogen-bond donors (Lipinski definition) is 2. The Morgan fingerprint density at radius 2 is 2.17 bits per heavy atom. The minimum atomic E-state index is 0.00396. The van der Waals surface area contributed by atoms with E-state index in [1.54, 1.807) is 24.4 Å². The molecule has 0 atom stereocenters. The number of pyridine rings is 2. The SMILES string of the molecule is Cc1ccc(Oc2cc(C(N)=NO)ccn2)cn1. The number of hydrogen-bond acceptors (Lipinski definition) is 5. The summed E-state index contributed by atoms with van der Waals surface area (Å²) >= 11 is 0. The van der Waals surface area contributed by atoms with E-state index in [0.717, 1.165) is 5.69 Å². The monoisotopic (exact) mass is 244 g/mol. The maximum absolute atomic E-state index is 8.59. The highest BCUT2D eigenvalue weighted by Gasteiger charge is 2.03. The van der Waals surface area contributed by atoms with Crippen molar-refractivity contribution in [2.24, 2.45) is 10.9 Å². The van der Waals surface area contributed by atoms with E-state index in [9.17, 15) is 0 Å². The first-order valence-electron chi connectivity index (χ1n) is 5.23. The minimum Gasteiger partial charge on any atom is -0.437 e. The molecule has 2 aromatic heterocycles. The van der Waals surface area contributed by atoms with Crippen molar-refractivity contribution in [3.8, 4) is 11.6 Å². The number of aromatic nitrogens is 2. The predicted molar refractivity (Wildman–Crippen MR) is 65.8 cm³/mol. The molecule has 3 N–H and O–H groups in total. The molecule has 2 heterocycles. The van der Waals surface area contributed by atoms with E-state index < -0.39 is 0 Å². The fourth-order valence-electron chi connectivity index (χ4n) is 1.32. The van der Waals surface area contributed by atoms with Gasteiger partial charge in [0.2, 0.25) is 5.88 Å². The fraction of sp³-hybridized carbons (Fsp3) is 0.0833. The van der Waals surface area contributed by atoms with Gasteiger partial charge in [0.15, 0.2) is 5.84 Å². The normalized spacial score (nSPS) is 11.3. The molecule has 0 amide bonds. The van der Waals surface area contributed by atoms with E-state index in [1.165, 1.54) is 6.20 Å². The Labute approximate surface area is 104 Å². The van der Waals surface area contributed by atoms with E-state index >= 15 is 0 Å². The van der Waals surface area contributed by atoms with Crippen LogP contribution in [0, 0.1) is 6.92 Å². The van der Waals surface area contributed by atoms with Gasteiger partial charge in [-0.3, -0.25) is 4.98 Å². The lowest BCUT2D eigenvalue weighted by molar-refractivity contribution is 0.318. The summed E-state index contributed by atoms with van der Waals surface area (Å²) in [5, 5.41) is 11.5. The summed E-state index contributed by atoms with van der Waals surface area (Å²) in [6.07, 6.45) is 3.12. The van der Waals surface area contributed by atoms with Crippen LogP contribution in [0.1, 0.15) is 11.3 Å². The van der Waals surface area contributed by atoms with Gasteiger partial charge in [-0.05, 0) is 25.1 Å². The van der Waals surface area contributed by atoms with Crippen LogP contribution in [0.2, 0.25) is 0 Å². The van der Waals surface area contributed by atoms with Gasteiger partial charge in [0.05, 0.1) is 6.20 Å². The number of amidine groups is 1. The van der Waals surface area contributed by atoms with Gasteiger partial charge in [-0.1, -0.05) is 5.16 Å². The summed E-state index contributed by atoms with van der Waals surface area (Å²) in [7, 11) is 0. The van der Waals surface area contributed by atoms with Crippen molar-refractivity contribution in [1.29, 1.82) is 0 Å². The highest BCUT2D eigenvalue weighted by molar-refractivity contribution is 5.97. The second kappa shape index (κ2) is 5.13. The molecule has 0 aromatic carbocycles. The Morgan fingerprint density at radius 3 is 2.83 bits per heavy atom. The van der Waals surface area contributed by atoms with E-state index in [1.807, 2.05) is 13.0 Å². The molecule has 92 valence electrons.